The zero-order valence-corrected chi connectivity index (χ0v) is 18.6. The van der Waals surface area contributed by atoms with Crippen LogP contribution in [0.4, 0.5) is 5.69 Å². The molecule has 0 radical (unpaired) electrons. The number of aryl methyl sites for hydroxylation is 1. The highest BCUT2D eigenvalue weighted by Gasteiger charge is 2.21. The van der Waals surface area contributed by atoms with Crippen molar-refractivity contribution in [1.29, 1.82) is 0 Å². The Bertz CT molecular complexity index is 1220. The van der Waals surface area contributed by atoms with Gasteiger partial charge in [-0.25, -0.2) is 4.79 Å². The Morgan fingerprint density at radius 2 is 1.88 bits per heavy atom. The molecule has 32 heavy (non-hydrogen) atoms. The zero-order chi connectivity index (χ0) is 23.3. The lowest BCUT2D eigenvalue weighted by molar-refractivity contribution is -0.118. The van der Waals surface area contributed by atoms with Gasteiger partial charge in [0.25, 0.3) is 11.5 Å². The zero-order valence-electron chi connectivity index (χ0n) is 17.8. The Kier molecular flexibility index (Phi) is 7.27. The van der Waals surface area contributed by atoms with E-state index in [2.05, 4.69) is 10.4 Å². The van der Waals surface area contributed by atoms with Crippen LogP contribution in [0, 0.1) is 13.8 Å². The van der Waals surface area contributed by atoms with Crippen LogP contribution >= 0.6 is 11.6 Å². The van der Waals surface area contributed by atoms with Gasteiger partial charge in [0, 0.05) is 5.69 Å². The van der Waals surface area contributed by atoms with Gasteiger partial charge in [-0.3, -0.25) is 9.59 Å². The summed E-state index contributed by atoms with van der Waals surface area (Å²) in [5, 5.41) is 7.13. The van der Waals surface area contributed by atoms with Crippen LogP contribution in [-0.4, -0.2) is 34.9 Å². The maximum Gasteiger partial charge on any atom is 0.362 e. The number of carbonyl (C=O) groups is 2. The molecule has 0 aliphatic carbocycles. The molecule has 0 aliphatic rings. The maximum atomic E-state index is 12.7. The van der Waals surface area contributed by atoms with E-state index < -0.39 is 24.0 Å². The molecule has 0 saturated heterocycles. The number of ether oxygens (including phenoxy) is 2. The molecule has 0 bridgehead atoms. The summed E-state index contributed by atoms with van der Waals surface area (Å²) in [6.45, 7) is 5.13. The molecular formula is C23H22ClN3O5. The standard InChI is InChI=1S/C23H22ClN3O5/c1-4-31-23(30)22-19(12-21(29)27(26-22)18-11-6-5-9-16(18)24)32-13-20(28)25-17-10-7-8-14(2)15(17)3/h5-12H,4,13H2,1-3H3,(H,25,28). The predicted molar refractivity (Wildman–Crippen MR) is 121 cm³/mol. The molecule has 3 rings (SSSR count). The van der Waals surface area contributed by atoms with E-state index in [9.17, 15) is 14.4 Å². The number of para-hydroxylation sites is 1. The first kappa shape index (κ1) is 23.0. The molecule has 166 valence electrons. The summed E-state index contributed by atoms with van der Waals surface area (Å²) in [5.41, 5.74) is 2.07. The lowest BCUT2D eigenvalue weighted by Gasteiger charge is -2.14. The van der Waals surface area contributed by atoms with E-state index in [1.165, 1.54) is 0 Å². The third-order valence-corrected chi connectivity index (χ3v) is 5.00. The van der Waals surface area contributed by atoms with Crippen molar-refractivity contribution in [1.82, 2.24) is 9.78 Å². The van der Waals surface area contributed by atoms with E-state index >= 15 is 0 Å². The molecule has 0 unspecified atom stereocenters. The Labute approximate surface area is 189 Å². The Balaban J connectivity index is 1.88. The lowest BCUT2D eigenvalue weighted by Crippen LogP contribution is -2.27. The van der Waals surface area contributed by atoms with Crippen LogP contribution in [0.3, 0.4) is 0 Å². The summed E-state index contributed by atoms with van der Waals surface area (Å²) >= 11 is 6.17. The number of esters is 1. The molecule has 0 fully saturated rings. The Hall–Kier alpha value is -3.65. The van der Waals surface area contributed by atoms with E-state index in [0.717, 1.165) is 21.9 Å². The van der Waals surface area contributed by atoms with Crippen molar-refractivity contribution in [3.8, 4) is 11.4 Å². The summed E-state index contributed by atoms with van der Waals surface area (Å²) in [4.78, 5) is 37.5. The van der Waals surface area contributed by atoms with E-state index in [1.807, 2.05) is 26.0 Å². The molecule has 0 aliphatic heterocycles. The fraction of sp³-hybridized carbons (Fsp3) is 0.217. The smallest absolute Gasteiger partial charge is 0.362 e. The number of rotatable bonds is 7. The van der Waals surface area contributed by atoms with Crippen LogP contribution in [0.25, 0.3) is 5.69 Å². The van der Waals surface area contributed by atoms with Crippen molar-refractivity contribution in [3.05, 3.63) is 80.7 Å². The van der Waals surface area contributed by atoms with Crippen molar-refractivity contribution >= 4 is 29.2 Å². The topological polar surface area (TPSA) is 99.5 Å². The lowest BCUT2D eigenvalue weighted by atomic mass is 10.1. The molecule has 1 heterocycles. The van der Waals surface area contributed by atoms with Crippen molar-refractivity contribution in [2.24, 2.45) is 0 Å². The largest absolute Gasteiger partial charge is 0.481 e. The van der Waals surface area contributed by atoms with Gasteiger partial charge in [0.15, 0.2) is 12.4 Å². The normalized spacial score (nSPS) is 10.5. The highest BCUT2D eigenvalue weighted by Crippen LogP contribution is 2.21. The number of carbonyl (C=O) groups excluding carboxylic acids is 2. The highest BCUT2D eigenvalue weighted by atomic mass is 35.5. The molecule has 0 atom stereocenters. The molecular weight excluding hydrogens is 434 g/mol. The van der Waals surface area contributed by atoms with Crippen molar-refractivity contribution in [2.75, 3.05) is 18.5 Å². The van der Waals surface area contributed by atoms with Gasteiger partial charge >= 0.3 is 5.97 Å². The predicted octanol–water partition coefficient (Wildman–Crippen LogP) is 3.70. The first-order valence-corrected chi connectivity index (χ1v) is 10.2. The summed E-state index contributed by atoms with van der Waals surface area (Å²) in [5.74, 6) is -1.41. The third kappa shape index (κ3) is 5.15. The fourth-order valence-electron chi connectivity index (χ4n) is 2.90. The number of nitrogens with one attached hydrogen (secondary N) is 1. The first-order valence-electron chi connectivity index (χ1n) is 9.87. The monoisotopic (exact) mass is 455 g/mol. The minimum atomic E-state index is -0.793. The second-order valence-corrected chi connectivity index (χ2v) is 7.27. The van der Waals surface area contributed by atoms with Gasteiger partial charge in [-0.2, -0.15) is 9.78 Å². The summed E-state index contributed by atoms with van der Waals surface area (Å²) < 4.78 is 11.5. The minimum Gasteiger partial charge on any atom is -0.481 e. The second-order valence-electron chi connectivity index (χ2n) is 6.86. The molecule has 2 aromatic carbocycles. The first-order chi connectivity index (χ1) is 15.3. The molecule has 9 heteroatoms. The number of aromatic nitrogens is 2. The van der Waals surface area contributed by atoms with Gasteiger partial charge in [-0.05, 0) is 50.1 Å². The van der Waals surface area contributed by atoms with Crippen LogP contribution in [0.2, 0.25) is 5.02 Å². The number of halogens is 1. The van der Waals surface area contributed by atoms with Gasteiger partial charge in [-0.15, -0.1) is 0 Å². The minimum absolute atomic E-state index is 0.0955. The highest BCUT2D eigenvalue weighted by molar-refractivity contribution is 6.32. The number of hydrogen-bond acceptors (Lipinski definition) is 6. The number of benzene rings is 2. The summed E-state index contributed by atoms with van der Waals surface area (Å²) in [7, 11) is 0. The van der Waals surface area contributed by atoms with E-state index in [0.29, 0.717) is 11.4 Å². The van der Waals surface area contributed by atoms with Crippen LogP contribution in [0.1, 0.15) is 28.5 Å². The van der Waals surface area contributed by atoms with Gasteiger partial charge < -0.3 is 14.8 Å². The summed E-state index contributed by atoms with van der Waals surface area (Å²) in [6, 6.07) is 13.2. The van der Waals surface area contributed by atoms with Crippen LogP contribution in [-0.2, 0) is 9.53 Å². The molecule has 0 saturated carbocycles. The quantitative estimate of drug-likeness (QED) is 0.545. The Morgan fingerprint density at radius 3 is 2.59 bits per heavy atom. The van der Waals surface area contributed by atoms with Crippen molar-refractivity contribution in [2.45, 2.75) is 20.8 Å². The number of anilines is 1. The van der Waals surface area contributed by atoms with E-state index in [-0.39, 0.29) is 23.1 Å². The van der Waals surface area contributed by atoms with E-state index in [1.54, 1.807) is 37.3 Å². The third-order valence-electron chi connectivity index (χ3n) is 4.68. The van der Waals surface area contributed by atoms with Gasteiger partial charge in [0.2, 0.25) is 5.69 Å². The number of amides is 1. The molecule has 1 amide bonds. The molecule has 3 aromatic rings. The van der Waals surface area contributed by atoms with E-state index in [4.69, 9.17) is 21.1 Å². The molecule has 0 spiro atoms. The summed E-state index contributed by atoms with van der Waals surface area (Å²) in [6.07, 6.45) is 0. The average molecular weight is 456 g/mol. The SMILES string of the molecule is CCOC(=O)c1nn(-c2ccccc2Cl)c(=O)cc1OCC(=O)Nc1cccc(C)c1C. The number of nitrogens with zero attached hydrogens (tertiary/aromatic N) is 2. The van der Waals surface area contributed by atoms with Gasteiger partial charge in [0.1, 0.15) is 0 Å². The van der Waals surface area contributed by atoms with Crippen LogP contribution in [0.5, 0.6) is 5.75 Å². The average Bonchev–Trinajstić information content (AvgIpc) is 2.76. The van der Waals surface area contributed by atoms with Crippen molar-refractivity contribution in [3.63, 3.8) is 0 Å². The van der Waals surface area contributed by atoms with Crippen molar-refractivity contribution < 1.29 is 19.1 Å². The van der Waals surface area contributed by atoms with Gasteiger partial charge in [0.05, 0.1) is 23.4 Å². The molecule has 1 aromatic heterocycles. The van der Waals surface area contributed by atoms with Crippen LogP contribution in [0.15, 0.2) is 53.3 Å². The molecule has 1 N–H and O–H groups in total. The second kappa shape index (κ2) is 10.1. The van der Waals surface area contributed by atoms with Gasteiger partial charge in [-0.1, -0.05) is 35.9 Å². The Morgan fingerprint density at radius 1 is 1.12 bits per heavy atom. The fourth-order valence-corrected chi connectivity index (χ4v) is 3.12. The molecule has 8 nitrogen and oxygen atoms in total. The maximum absolute atomic E-state index is 12.7. The number of hydrogen-bond donors (Lipinski definition) is 1. The van der Waals surface area contributed by atoms with Crippen LogP contribution < -0.4 is 15.6 Å².